The second-order valence-electron chi connectivity index (χ2n) is 8.24. The molecule has 1 fully saturated rings. The van der Waals surface area contributed by atoms with Crippen molar-refractivity contribution in [2.75, 3.05) is 0 Å². The Morgan fingerprint density at radius 3 is 2.70 bits per heavy atom. The molecule has 1 saturated carbocycles. The third-order valence-corrected chi connectivity index (χ3v) is 6.02. The molecule has 7 nitrogen and oxygen atoms in total. The molecule has 30 heavy (non-hydrogen) atoms. The van der Waals surface area contributed by atoms with E-state index in [0.717, 1.165) is 31.2 Å². The van der Waals surface area contributed by atoms with Gasteiger partial charge in [0.25, 0.3) is 0 Å². The topological polar surface area (TPSA) is 116 Å². The van der Waals surface area contributed by atoms with Crippen molar-refractivity contribution in [3.05, 3.63) is 42.0 Å². The van der Waals surface area contributed by atoms with Gasteiger partial charge in [0.1, 0.15) is 11.9 Å². The van der Waals surface area contributed by atoms with Crippen molar-refractivity contribution >= 4 is 5.97 Å². The highest BCUT2D eigenvalue weighted by Crippen LogP contribution is 2.37. The summed E-state index contributed by atoms with van der Waals surface area (Å²) in [7, 11) is 0. The largest absolute Gasteiger partial charge is 0.481 e. The standard InChI is InChI=1S/C23H32O7/c24-18(23-29-14-15-7-5-6-9-21(15)30-23)12-11-17-16(19(25)13-20(17)26)8-3-1-2-4-10-22(27)28/h5-7,9,11-12,16-20,23-26H,1-4,8,10,13-14H2,(H,27,28)/t16-,17-,18-,19+,20-,23?/m1/s1. The summed E-state index contributed by atoms with van der Waals surface area (Å²) < 4.78 is 11.3. The molecule has 6 atom stereocenters. The number of aliphatic hydroxyl groups excluding tert-OH is 3. The van der Waals surface area contributed by atoms with Crippen LogP contribution in [0.25, 0.3) is 0 Å². The van der Waals surface area contributed by atoms with Gasteiger partial charge in [-0.3, -0.25) is 4.79 Å². The van der Waals surface area contributed by atoms with E-state index in [4.69, 9.17) is 14.6 Å². The normalized spacial score (nSPS) is 29.5. The Morgan fingerprint density at radius 1 is 1.13 bits per heavy atom. The van der Waals surface area contributed by atoms with Crippen LogP contribution in [0.3, 0.4) is 0 Å². The maximum Gasteiger partial charge on any atom is 0.303 e. The number of carboxylic acids is 1. The fourth-order valence-corrected chi connectivity index (χ4v) is 4.36. The smallest absolute Gasteiger partial charge is 0.303 e. The van der Waals surface area contributed by atoms with Crippen molar-refractivity contribution in [1.29, 1.82) is 0 Å². The second-order valence-corrected chi connectivity index (χ2v) is 8.24. The predicted molar refractivity (Wildman–Crippen MR) is 110 cm³/mol. The maximum atomic E-state index is 10.6. The number of ether oxygens (including phenoxy) is 2. The van der Waals surface area contributed by atoms with E-state index >= 15 is 0 Å². The van der Waals surface area contributed by atoms with E-state index < -0.39 is 30.6 Å². The highest BCUT2D eigenvalue weighted by Gasteiger charge is 2.40. The molecule has 0 bridgehead atoms. The molecular weight excluding hydrogens is 388 g/mol. The monoisotopic (exact) mass is 420 g/mol. The Balaban J connectivity index is 1.50. The zero-order valence-electron chi connectivity index (χ0n) is 17.1. The summed E-state index contributed by atoms with van der Waals surface area (Å²) in [6.45, 7) is 0.362. The molecule has 1 aromatic carbocycles. The number of aliphatic hydroxyl groups is 3. The van der Waals surface area contributed by atoms with E-state index in [-0.39, 0.29) is 18.3 Å². The molecule has 2 aliphatic rings. The number of carbonyl (C=O) groups is 1. The quantitative estimate of drug-likeness (QED) is 0.340. The number of hydrogen-bond donors (Lipinski definition) is 4. The van der Waals surface area contributed by atoms with Gasteiger partial charge in [-0.2, -0.15) is 0 Å². The van der Waals surface area contributed by atoms with Gasteiger partial charge in [0.2, 0.25) is 6.29 Å². The number of fused-ring (bicyclic) bond motifs is 1. The summed E-state index contributed by atoms with van der Waals surface area (Å²) in [4.78, 5) is 10.6. The minimum absolute atomic E-state index is 0.0863. The first-order valence-electron chi connectivity index (χ1n) is 10.8. The van der Waals surface area contributed by atoms with Gasteiger partial charge in [-0.15, -0.1) is 0 Å². The first-order chi connectivity index (χ1) is 14.5. The maximum absolute atomic E-state index is 10.6. The lowest BCUT2D eigenvalue weighted by molar-refractivity contribution is -0.152. The zero-order chi connectivity index (χ0) is 21.5. The van der Waals surface area contributed by atoms with Crippen LogP contribution in [0.4, 0.5) is 0 Å². The molecule has 1 aliphatic carbocycles. The predicted octanol–water partition coefficient (Wildman–Crippen LogP) is 2.62. The molecule has 7 heteroatoms. The highest BCUT2D eigenvalue weighted by atomic mass is 16.7. The summed E-state index contributed by atoms with van der Waals surface area (Å²) in [6.07, 6.45) is 4.84. The average Bonchev–Trinajstić information content (AvgIpc) is 3.00. The van der Waals surface area contributed by atoms with Crippen LogP contribution in [0.1, 0.15) is 50.5 Å². The molecule has 1 unspecified atom stereocenters. The average molecular weight is 421 g/mol. The molecule has 3 rings (SSSR count). The SMILES string of the molecule is O=C(O)CCCCCC[C@@H]1[C@@H](C=C[C@@H](O)C2OCc3ccccc3O2)[C@H](O)C[C@@H]1O. The summed E-state index contributed by atoms with van der Waals surface area (Å²) >= 11 is 0. The minimum Gasteiger partial charge on any atom is -0.481 e. The van der Waals surface area contributed by atoms with Crippen molar-refractivity contribution in [2.45, 2.75) is 76.2 Å². The van der Waals surface area contributed by atoms with Gasteiger partial charge in [0, 0.05) is 24.3 Å². The molecule has 0 aromatic heterocycles. The first kappa shape index (κ1) is 22.7. The third kappa shape index (κ3) is 6.04. The summed E-state index contributed by atoms with van der Waals surface area (Å²) in [5.41, 5.74) is 0.933. The van der Waals surface area contributed by atoms with Crippen molar-refractivity contribution in [2.24, 2.45) is 11.8 Å². The molecule has 1 aromatic rings. The van der Waals surface area contributed by atoms with Crippen LogP contribution >= 0.6 is 0 Å². The number of aliphatic carboxylic acids is 1. The molecule has 1 aliphatic heterocycles. The Kier molecular flexibility index (Phi) is 8.27. The molecular formula is C23H32O7. The van der Waals surface area contributed by atoms with Crippen molar-refractivity contribution in [3.63, 3.8) is 0 Å². The molecule has 0 spiro atoms. The lowest BCUT2D eigenvalue weighted by Crippen LogP contribution is -2.36. The van der Waals surface area contributed by atoms with Gasteiger partial charge in [0.05, 0.1) is 18.8 Å². The van der Waals surface area contributed by atoms with Gasteiger partial charge in [-0.05, 0) is 24.8 Å². The van der Waals surface area contributed by atoms with Gasteiger partial charge in [-0.1, -0.05) is 49.6 Å². The molecule has 0 radical (unpaired) electrons. The van der Waals surface area contributed by atoms with Gasteiger partial charge in [-0.25, -0.2) is 0 Å². The summed E-state index contributed by atoms with van der Waals surface area (Å²) in [5, 5.41) is 39.9. The van der Waals surface area contributed by atoms with Crippen LogP contribution in [0.5, 0.6) is 5.75 Å². The minimum atomic E-state index is -0.986. The van der Waals surface area contributed by atoms with E-state index in [9.17, 15) is 20.1 Å². The van der Waals surface area contributed by atoms with Crippen LogP contribution in [-0.2, 0) is 16.1 Å². The van der Waals surface area contributed by atoms with E-state index in [0.29, 0.717) is 25.2 Å². The Bertz CT molecular complexity index is 719. The first-order valence-corrected chi connectivity index (χ1v) is 10.8. The van der Waals surface area contributed by atoms with E-state index in [1.165, 1.54) is 0 Å². The molecule has 166 valence electrons. The van der Waals surface area contributed by atoms with E-state index in [1.807, 2.05) is 24.3 Å². The van der Waals surface area contributed by atoms with Crippen LogP contribution in [0.15, 0.2) is 36.4 Å². The highest BCUT2D eigenvalue weighted by molar-refractivity contribution is 5.66. The van der Waals surface area contributed by atoms with Gasteiger partial charge >= 0.3 is 5.97 Å². The summed E-state index contributed by atoms with van der Waals surface area (Å²) in [5.74, 6) is -0.415. The number of hydrogen-bond acceptors (Lipinski definition) is 6. The molecule has 0 saturated heterocycles. The summed E-state index contributed by atoms with van der Waals surface area (Å²) in [6, 6.07) is 7.52. The number of rotatable bonds is 10. The van der Waals surface area contributed by atoms with Crippen LogP contribution in [0, 0.1) is 11.8 Å². The zero-order valence-corrected chi connectivity index (χ0v) is 17.1. The van der Waals surface area contributed by atoms with Crippen molar-refractivity contribution in [3.8, 4) is 5.75 Å². The molecule has 1 heterocycles. The Morgan fingerprint density at radius 2 is 1.90 bits per heavy atom. The Labute approximate surface area is 176 Å². The van der Waals surface area contributed by atoms with Gasteiger partial charge in [0.15, 0.2) is 0 Å². The lowest BCUT2D eigenvalue weighted by Gasteiger charge is -2.28. The third-order valence-electron chi connectivity index (χ3n) is 6.02. The molecule has 0 amide bonds. The van der Waals surface area contributed by atoms with Crippen LogP contribution in [-0.4, -0.2) is 51.0 Å². The van der Waals surface area contributed by atoms with Gasteiger partial charge < -0.3 is 29.9 Å². The Hall–Kier alpha value is -1.93. The number of benzene rings is 1. The van der Waals surface area contributed by atoms with Crippen LogP contribution < -0.4 is 4.74 Å². The number of carboxylic acid groups (broad SMARTS) is 1. The second kappa shape index (κ2) is 10.9. The van der Waals surface area contributed by atoms with E-state index in [1.54, 1.807) is 12.2 Å². The number of para-hydroxylation sites is 1. The fraction of sp³-hybridized carbons (Fsp3) is 0.609. The molecule has 4 N–H and O–H groups in total. The lowest BCUT2D eigenvalue weighted by atomic mass is 9.88. The van der Waals surface area contributed by atoms with E-state index in [2.05, 4.69) is 0 Å². The van der Waals surface area contributed by atoms with Crippen molar-refractivity contribution < 1.29 is 34.7 Å². The van der Waals surface area contributed by atoms with Crippen LogP contribution in [0.2, 0.25) is 0 Å². The number of unbranched alkanes of at least 4 members (excludes halogenated alkanes) is 3. The fourth-order valence-electron chi connectivity index (χ4n) is 4.36. The van der Waals surface area contributed by atoms with Crippen molar-refractivity contribution in [1.82, 2.24) is 0 Å².